The summed E-state index contributed by atoms with van der Waals surface area (Å²) in [6, 6.07) is 3.10. The van der Waals surface area contributed by atoms with Crippen LogP contribution in [0.1, 0.15) is 36.5 Å². The number of hydrogen-bond donors (Lipinski definition) is 2. The van der Waals surface area contributed by atoms with Crippen LogP contribution < -0.4 is 21.3 Å². The highest BCUT2D eigenvalue weighted by atomic mass is 32.1. The first-order chi connectivity index (χ1) is 19.0. The summed E-state index contributed by atoms with van der Waals surface area (Å²) < 4.78 is 26.5. The number of nitrogen functional groups attached to an aromatic ring is 1. The van der Waals surface area contributed by atoms with Crippen molar-refractivity contribution in [3.63, 3.8) is 0 Å². The van der Waals surface area contributed by atoms with Gasteiger partial charge in [-0.3, -0.25) is 4.98 Å². The normalized spacial score (nSPS) is 22.7. The highest BCUT2D eigenvalue weighted by molar-refractivity contribution is 7.29. The van der Waals surface area contributed by atoms with Crippen LogP contribution in [0.25, 0.3) is 32.2 Å². The second-order valence-electron chi connectivity index (χ2n) is 10.3. The monoisotopic (exact) mass is 563 g/mol. The number of aromatic nitrogens is 3. The molecule has 2 saturated heterocycles. The van der Waals surface area contributed by atoms with Crippen LogP contribution in [0.4, 0.5) is 15.3 Å². The van der Waals surface area contributed by atoms with E-state index in [9.17, 15) is 9.65 Å². The van der Waals surface area contributed by atoms with E-state index < -0.39 is 5.82 Å². The smallest absolute Gasteiger partial charge is 0.226 e. The van der Waals surface area contributed by atoms with E-state index in [1.165, 1.54) is 6.20 Å². The summed E-state index contributed by atoms with van der Waals surface area (Å²) in [5.74, 6) is 0.177. The zero-order chi connectivity index (χ0) is 26.8. The molecule has 9 nitrogen and oxygen atoms in total. The Morgan fingerprint density at radius 1 is 1.23 bits per heavy atom. The van der Waals surface area contributed by atoms with Gasteiger partial charge in [-0.25, -0.2) is 14.4 Å². The van der Waals surface area contributed by atoms with Crippen LogP contribution in [-0.2, 0) is 22.7 Å². The molecule has 0 radical (unpaired) electrons. The van der Waals surface area contributed by atoms with Crippen molar-refractivity contribution in [3.8, 4) is 17.3 Å². The molecule has 0 bridgehead atoms. The highest BCUT2D eigenvalue weighted by Gasteiger charge is 2.35. The number of rotatable bonds is 4. The summed E-state index contributed by atoms with van der Waals surface area (Å²) >= 11 is 1.07. The lowest BCUT2D eigenvalue weighted by Crippen LogP contribution is -2.45. The molecule has 0 spiro atoms. The molecule has 3 aromatic heterocycles. The van der Waals surface area contributed by atoms with Crippen LogP contribution in [0.2, 0.25) is 0 Å². The molecule has 4 atom stereocenters. The van der Waals surface area contributed by atoms with Crippen molar-refractivity contribution in [2.24, 2.45) is 0 Å². The molecule has 6 heterocycles. The third-order valence-electron chi connectivity index (χ3n) is 8.22. The number of nitrogens with one attached hydrogen (secondary N) is 1. The zero-order valence-corrected chi connectivity index (χ0v) is 23.3. The maximum atomic E-state index is 14.8. The number of benzene rings is 1. The summed E-state index contributed by atoms with van der Waals surface area (Å²) in [6.45, 7) is 5.44. The van der Waals surface area contributed by atoms with Gasteiger partial charge in [-0.2, -0.15) is 5.26 Å². The number of thiophene rings is 1. The largest absolute Gasteiger partial charge is 0.389 e. The maximum Gasteiger partial charge on any atom is 0.226 e. The first kappa shape index (κ1) is 25.0. The standard InChI is InChI=1S/C27H27FN7O2PS/c1-12-19(33-13-3-5-36-9-13)2-4-35(12)27-32-7-15-16-10-37-11-17(16)20(24(38)22(15)34-27)23-21-14(6-29)26(30)39-25(21)18(28)8-31-23/h7-8,12-13,19,33H,2-5,9-11,30,38H2,1H3. The van der Waals surface area contributed by atoms with Crippen LogP contribution >= 0.6 is 20.6 Å². The summed E-state index contributed by atoms with van der Waals surface area (Å²) in [5, 5.41) is 16.1. The SMILES string of the molecule is CC1C(NC2CCOC2)CCN1c1ncc2c3c(c(-c4ncc(F)c5sc(N)c(C#N)c45)c(P)c2n1)COC3. The number of fused-ring (bicyclic) bond motifs is 4. The topological polar surface area (TPSA) is 122 Å². The van der Waals surface area contributed by atoms with Gasteiger partial charge in [-0.05, 0) is 30.9 Å². The number of nitrogens with zero attached hydrogens (tertiary/aromatic N) is 5. The van der Waals surface area contributed by atoms with Gasteiger partial charge < -0.3 is 25.4 Å². The minimum absolute atomic E-state index is 0.221. The Morgan fingerprint density at radius 3 is 2.87 bits per heavy atom. The van der Waals surface area contributed by atoms with Crippen molar-refractivity contribution in [2.45, 2.75) is 51.1 Å². The Labute approximate surface area is 230 Å². The van der Waals surface area contributed by atoms with E-state index in [-0.39, 0.29) is 16.6 Å². The lowest BCUT2D eigenvalue weighted by atomic mass is 9.94. The van der Waals surface area contributed by atoms with Gasteiger partial charge in [0, 0.05) is 59.1 Å². The molecule has 4 unspecified atom stereocenters. The van der Waals surface area contributed by atoms with Crippen molar-refractivity contribution < 1.29 is 13.9 Å². The predicted molar refractivity (Wildman–Crippen MR) is 153 cm³/mol. The van der Waals surface area contributed by atoms with Gasteiger partial charge in [0.2, 0.25) is 5.95 Å². The number of ether oxygens (including phenoxy) is 2. The average Bonchev–Trinajstić information content (AvgIpc) is 3.74. The van der Waals surface area contributed by atoms with Crippen LogP contribution in [0, 0.1) is 17.1 Å². The van der Waals surface area contributed by atoms with Crippen molar-refractivity contribution in [2.75, 3.05) is 30.4 Å². The van der Waals surface area contributed by atoms with Gasteiger partial charge in [-0.1, -0.05) is 0 Å². The van der Waals surface area contributed by atoms with E-state index in [4.69, 9.17) is 25.2 Å². The second-order valence-corrected chi connectivity index (χ2v) is 12.0. The fraction of sp³-hybridized carbons (Fsp3) is 0.407. The summed E-state index contributed by atoms with van der Waals surface area (Å²) in [5.41, 5.74) is 10.4. The van der Waals surface area contributed by atoms with Crippen molar-refractivity contribution in [3.05, 3.63) is 34.9 Å². The van der Waals surface area contributed by atoms with E-state index in [2.05, 4.69) is 37.4 Å². The van der Waals surface area contributed by atoms with Gasteiger partial charge in [0.15, 0.2) is 5.82 Å². The van der Waals surface area contributed by atoms with E-state index in [1.54, 1.807) is 0 Å². The summed E-state index contributed by atoms with van der Waals surface area (Å²) in [4.78, 5) is 16.6. The fourth-order valence-electron chi connectivity index (χ4n) is 6.18. The Balaban J connectivity index is 1.36. The average molecular weight is 564 g/mol. The third kappa shape index (κ3) is 3.89. The van der Waals surface area contributed by atoms with Gasteiger partial charge in [0.1, 0.15) is 11.1 Å². The Bertz CT molecular complexity index is 1680. The van der Waals surface area contributed by atoms with Gasteiger partial charge in [0.25, 0.3) is 0 Å². The Morgan fingerprint density at radius 2 is 2.08 bits per heavy atom. The maximum absolute atomic E-state index is 14.8. The molecule has 2 fully saturated rings. The first-order valence-corrected chi connectivity index (χ1v) is 14.4. The summed E-state index contributed by atoms with van der Waals surface area (Å²) in [7, 11) is 2.81. The Hall–Kier alpha value is -3.00. The molecule has 200 valence electrons. The lowest BCUT2D eigenvalue weighted by molar-refractivity contribution is 0.135. The number of halogens is 1. The molecule has 7 rings (SSSR count). The molecule has 3 aliphatic heterocycles. The van der Waals surface area contributed by atoms with Crippen LogP contribution in [0.5, 0.6) is 0 Å². The minimum Gasteiger partial charge on any atom is -0.389 e. The van der Waals surface area contributed by atoms with E-state index in [1.807, 2.05) is 6.20 Å². The minimum atomic E-state index is -0.495. The number of nitrogens with two attached hydrogens (primary N) is 1. The van der Waals surface area contributed by atoms with Crippen LogP contribution in [0.3, 0.4) is 0 Å². The molecule has 39 heavy (non-hydrogen) atoms. The van der Waals surface area contributed by atoms with Gasteiger partial charge in [0.05, 0.1) is 47.5 Å². The van der Waals surface area contributed by atoms with E-state index in [0.717, 1.165) is 76.8 Å². The molecular formula is C27H27FN7O2PS. The quantitative estimate of drug-likeness (QED) is 0.360. The van der Waals surface area contributed by atoms with Crippen LogP contribution in [-0.4, -0.2) is 52.8 Å². The molecule has 0 amide bonds. The van der Waals surface area contributed by atoms with Crippen molar-refractivity contribution >= 4 is 57.8 Å². The van der Waals surface area contributed by atoms with E-state index >= 15 is 0 Å². The molecule has 0 aliphatic carbocycles. The number of hydrogen-bond acceptors (Lipinski definition) is 10. The highest BCUT2D eigenvalue weighted by Crippen LogP contribution is 2.43. The Kier molecular flexibility index (Phi) is 6.14. The van der Waals surface area contributed by atoms with Gasteiger partial charge in [-0.15, -0.1) is 20.6 Å². The van der Waals surface area contributed by atoms with Crippen LogP contribution in [0.15, 0.2) is 12.4 Å². The summed E-state index contributed by atoms with van der Waals surface area (Å²) in [6.07, 6.45) is 5.13. The second kappa shape index (κ2) is 9.58. The lowest BCUT2D eigenvalue weighted by Gasteiger charge is -2.27. The van der Waals surface area contributed by atoms with E-state index in [0.29, 0.717) is 47.0 Å². The number of nitriles is 1. The third-order valence-corrected chi connectivity index (χ3v) is 9.81. The zero-order valence-electron chi connectivity index (χ0n) is 21.3. The molecular weight excluding hydrogens is 536 g/mol. The fourth-order valence-corrected chi connectivity index (χ4v) is 7.63. The molecule has 0 saturated carbocycles. The van der Waals surface area contributed by atoms with Gasteiger partial charge >= 0.3 is 0 Å². The first-order valence-electron chi connectivity index (χ1n) is 13.0. The molecule has 12 heteroatoms. The van der Waals surface area contributed by atoms with Crippen molar-refractivity contribution in [1.29, 1.82) is 5.26 Å². The molecule has 3 N–H and O–H groups in total. The molecule has 3 aliphatic rings. The van der Waals surface area contributed by atoms with Crippen molar-refractivity contribution in [1.82, 2.24) is 20.3 Å². The number of pyridine rings is 1. The number of anilines is 2. The molecule has 4 aromatic rings. The predicted octanol–water partition coefficient (Wildman–Crippen LogP) is 3.38. The molecule has 1 aromatic carbocycles.